The van der Waals surface area contributed by atoms with Crippen molar-refractivity contribution in [2.45, 2.75) is 31.9 Å². The number of hydrogen-bond acceptors (Lipinski definition) is 3. The van der Waals surface area contributed by atoms with Crippen LogP contribution in [0.1, 0.15) is 34.0 Å². The van der Waals surface area contributed by atoms with Crippen molar-refractivity contribution in [2.24, 2.45) is 0 Å². The Morgan fingerprint density at radius 2 is 1.76 bits per heavy atom. The largest absolute Gasteiger partial charge is 0.487 e. The number of benzene rings is 3. The van der Waals surface area contributed by atoms with E-state index in [0.717, 1.165) is 16.7 Å². The molecule has 3 aromatic rings. The van der Waals surface area contributed by atoms with Gasteiger partial charge >= 0.3 is 5.97 Å². The fourth-order valence-electron chi connectivity index (χ4n) is 4.19. The van der Waals surface area contributed by atoms with Gasteiger partial charge in [0.15, 0.2) is 0 Å². The average molecular weight is 502 g/mol. The number of hydrogen-bond donors (Lipinski definition) is 1. The highest BCUT2D eigenvalue weighted by Gasteiger charge is 2.36. The molecule has 0 saturated carbocycles. The number of aliphatic carboxylic acids is 1. The number of ether oxygens (including phenoxy) is 1. The van der Waals surface area contributed by atoms with Crippen LogP contribution in [0, 0.1) is 5.82 Å². The molecule has 176 valence electrons. The van der Waals surface area contributed by atoms with Crippen LogP contribution in [0.5, 0.6) is 5.75 Å². The lowest BCUT2D eigenvalue weighted by Crippen LogP contribution is -2.35. The number of amides is 1. The molecule has 0 spiro atoms. The smallest absolute Gasteiger partial charge is 0.323 e. The predicted octanol–water partition coefficient (Wildman–Crippen LogP) is 5.80. The highest BCUT2D eigenvalue weighted by molar-refractivity contribution is 6.30. The van der Waals surface area contributed by atoms with Crippen LogP contribution in [0.2, 0.25) is 10.0 Å². The average Bonchev–Trinajstić information content (AvgIpc) is 3.11. The van der Waals surface area contributed by atoms with Gasteiger partial charge in [-0.2, -0.15) is 0 Å². The molecule has 0 radical (unpaired) electrons. The lowest BCUT2D eigenvalue weighted by molar-refractivity contribution is -0.137. The van der Waals surface area contributed by atoms with E-state index in [2.05, 4.69) is 0 Å². The minimum Gasteiger partial charge on any atom is -0.487 e. The number of carboxylic acids is 1. The first-order valence-electron chi connectivity index (χ1n) is 10.6. The summed E-state index contributed by atoms with van der Waals surface area (Å²) in [6.07, 6.45) is 0.977. The van der Waals surface area contributed by atoms with Gasteiger partial charge in [-0.1, -0.05) is 41.4 Å². The summed E-state index contributed by atoms with van der Waals surface area (Å²) < 4.78 is 20.0. The van der Waals surface area contributed by atoms with Crippen molar-refractivity contribution in [3.63, 3.8) is 0 Å². The van der Waals surface area contributed by atoms with Crippen molar-refractivity contribution in [1.29, 1.82) is 0 Å². The molecule has 0 saturated heterocycles. The maximum atomic E-state index is 13.9. The molecule has 1 amide bonds. The van der Waals surface area contributed by atoms with E-state index < -0.39 is 29.8 Å². The predicted molar refractivity (Wildman–Crippen MR) is 128 cm³/mol. The van der Waals surface area contributed by atoms with Crippen LogP contribution in [0.15, 0.2) is 60.7 Å². The molecule has 0 aromatic heterocycles. The minimum absolute atomic E-state index is 0.0669. The van der Waals surface area contributed by atoms with E-state index in [4.69, 9.17) is 27.9 Å². The molecule has 5 nitrogen and oxygen atoms in total. The van der Waals surface area contributed by atoms with Gasteiger partial charge in [0.25, 0.3) is 5.91 Å². The highest BCUT2D eigenvalue weighted by Crippen LogP contribution is 2.38. The fourth-order valence-corrected chi connectivity index (χ4v) is 4.43. The zero-order valence-electron chi connectivity index (χ0n) is 18.4. The molecule has 4 rings (SSSR count). The van der Waals surface area contributed by atoms with Crippen molar-refractivity contribution < 1.29 is 23.8 Å². The Balaban J connectivity index is 1.52. The molecule has 1 aliphatic heterocycles. The molecule has 1 atom stereocenters. The lowest BCUT2D eigenvalue weighted by atomic mass is 9.91. The Kier molecular flexibility index (Phi) is 6.82. The maximum Gasteiger partial charge on any atom is 0.323 e. The normalized spacial score (nSPS) is 16.6. The first-order chi connectivity index (χ1) is 16.1. The van der Waals surface area contributed by atoms with E-state index >= 15 is 0 Å². The number of nitrogens with zero attached hydrogens (tertiary/aromatic N) is 1. The minimum atomic E-state index is -1.10. The number of carboxylic acid groups (broad SMARTS) is 1. The number of carbonyl (C=O) groups excluding carboxylic acids is 1. The van der Waals surface area contributed by atoms with E-state index in [1.807, 2.05) is 6.92 Å². The summed E-state index contributed by atoms with van der Waals surface area (Å²) >= 11 is 11.7. The van der Waals surface area contributed by atoms with Crippen LogP contribution in [0.3, 0.4) is 0 Å². The molecule has 0 aliphatic carbocycles. The second kappa shape index (κ2) is 9.65. The second-order valence-corrected chi connectivity index (χ2v) is 9.50. The van der Waals surface area contributed by atoms with Crippen LogP contribution in [0.25, 0.3) is 0 Å². The van der Waals surface area contributed by atoms with E-state index in [0.29, 0.717) is 29.2 Å². The van der Waals surface area contributed by atoms with Crippen LogP contribution in [-0.4, -0.2) is 34.0 Å². The highest BCUT2D eigenvalue weighted by atomic mass is 35.5. The molecule has 3 aromatic carbocycles. The molecule has 1 unspecified atom stereocenters. The monoisotopic (exact) mass is 501 g/mol. The van der Waals surface area contributed by atoms with E-state index in [-0.39, 0.29) is 11.6 Å². The Bertz CT molecular complexity index is 1250. The Morgan fingerprint density at radius 1 is 1.06 bits per heavy atom. The molecule has 1 heterocycles. The number of halogens is 3. The molecule has 34 heavy (non-hydrogen) atoms. The summed E-state index contributed by atoms with van der Waals surface area (Å²) in [7, 11) is 0. The summed E-state index contributed by atoms with van der Waals surface area (Å²) in [5, 5.41) is 9.96. The third-order valence-electron chi connectivity index (χ3n) is 5.69. The van der Waals surface area contributed by atoms with Crippen LogP contribution >= 0.6 is 23.2 Å². The van der Waals surface area contributed by atoms with Crippen molar-refractivity contribution in [3.05, 3.63) is 98.8 Å². The zero-order chi connectivity index (χ0) is 24.5. The van der Waals surface area contributed by atoms with Gasteiger partial charge in [0.2, 0.25) is 0 Å². The summed E-state index contributed by atoms with van der Waals surface area (Å²) in [5.74, 6) is -1.33. The number of fused-ring (bicyclic) bond motifs is 1. The standard InChI is InChI=1S/C26H22Cl2FNO4/c1-26(12-17-4-8-21(28)22(29)10-17)13-19-11-18(5-9-23(19)34-26)25(33)30(15-24(31)32)14-16-2-6-20(27)7-3-16/h2-11H,12-15H2,1H3,(H,31,32). The van der Waals surface area contributed by atoms with Gasteiger partial charge in [-0.3, -0.25) is 9.59 Å². The SMILES string of the molecule is CC1(Cc2ccc(Cl)c(F)c2)Cc2cc(C(=O)N(CC(=O)O)Cc3ccc(Cl)cc3)ccc2O1. The van der Waals surface area contributed by atoms with Crippen LogP contribution in [0.4, 0.5) is 4.39 Å². The topological polar surface area (TPSA) is 66.8 Å². The van der Waals surface area contributed by atoms with Gasteiger partial charge < -0.3 is 14.7 Å². The van der Waals surface area contributed by atoms with E-state index in [1.54, 1.807) is 48.5 Å². The van der Waals surface area contributed by atoms with Crippen molar-refractivity contribution >= 4 is 35.1 Å². The molecule has 0 fully saturated rings. The molecular formula is C26H22Cl2FNO4. The van der Waals surface area contributed by atoms with Gasteiger partial charge in [-0.05, 0) is 66.1 Å². The molecule has 8 heteroatoms. The second-order valence-electron chi connectivity index (χ2n) is 8.66. The van der Waals surface area contributed by atoms with Crippen LogP contribution < -0.4 is 4.74 Å². The zero-order valence-corrected chi connectivity index (χ0v) is 19.9. The van der Waals surface area contributed by atoms with E-state index in [1.165, 1.54) is 17.0 Å². The Labute approximate surface area is 206 Å². The summed E-state index contributed by atoms with van der Waals surface area (Å²) in [4.78, 5) is 25.9. The molecular weight excluding hydrogens is 480 g/mol. The summed E-state index contributed by atoms with van der Waals surface area (Å²) in [6.45, 7) is 1.63. The Hall–Kier alpha value is -3.09. The molecule has 1 N–H and O–H groups in total. The van der Waals surface area contributed by atoms with Gasteiger partial charge in [0.1, 0.15) is 23.7 Å². The first kappa shape index (κ1) is 24.0. The Morgan fingerprint density at radius 3 is 2.44 bits per heavy atom. The lowest BCUT2D eigenvalue weighted by Gasteiger charge is -2.24. The van der Waals surface area contributed by atoms with Crippen molar-refractivity contribution in [2.75, 3.05) is 6.54 Å². The molecule has 1 aliphatic rings. The van der Waals surface area contributed by atoms with Gasteiger partial charge in [0.05, 0.1) is 5.02 Å². The van der Waals surface area contributed by atoms with E-state index in [9.17, 15) is 19.1 Å². The first-order valence-corrected chi connectivity index (χ1v) is 11.4. The van der Waals surface area contributed by atoms with Crippen molar-refractivity contribution in [1.82, 2.24) is 4.90 Å². The fraction of sp³-hybridized carbons (Fsp3) is 0.231. The van der Waals surface area contributed by atoms with Crippen LogP contribution in [-0.2, 0) is 24.2 Å². The third-order valence-corrected chi connectivity index (χ3v) is 6.25. The van der Waals surface area contributed by atoms with Gasteiger partial charge in [0, 0.05) is 30.0 Å². The van der Waals surface area contributed by atoms with Gasteiger partial charge in [-0.25, -0.2) is 4.39 Å². The van der Waals surface area contributed by atoms with Crippen molar-refractivity contribution in [3.8, 4) is 5.75 Å². The summed E-state index contributed by atoms with van der Waals surface area (Å²) in [6, 6.07) is 16.7. The molecule has 0 bridgehead atoms. The summed E-state index contributed by atoms with van der Waals surface area (Å²) in [5.41, 5.74) is 2.12. The number of carbonyl (C=O) groups is 2. The maximum absolute atomic E-state index is 13.9. The third kappa shape index (κ3) is 5.51. The number of rotatable bonds is 7. The quantitative estimate of drug-likeness (QED) is 0.444. The van der Waals surface area contributed by atoms with Gasteiger partial charge in [-0.15, -0.1) is 0 Å².